The lowest BCUT2D eigenvalue weighted by molar-refractivity contribution is 0.188. The highest BCUT2D eigenvalue weighted by molar-refractivity contribution is 5.51. The zero-order chi connectivity index (χ0) is 13.0. The fourth-order valence-corrected chi connectivity index (χ4v) is 1.61. The van der Waals surface area contributed by atoms with Crippen LogP contribution in [0, 0.1) is 0 Å². The van der Waals surface area contributed by atoms with Crippen LogP contribution in [0.2, 0.25) is 0 Å². The lowest BCUT2D eigenvalue weighted by Crippen LogP contribution is -2.11. The molecule has 2 heterocycles. The zero-order valence-electron chi connectivity index (χ0n) is 10.5. The molecule has 0 spiro atoms. The molecule has 0 radical (unpaired) electrons. The third-order valence-electron chi connectivity index (χ3n) is 2.59. The monoisotopic (exact) mass is 251 g/mol. The van der Waals surface area contributed by atoms with Crippen molar-refractivity contribution < 1.29 is 9.26 Å². The number of hydrogen-bond donors (Lipinski definition) is 1. The molecule has 18 heavy (non-hydrogen) atoms. The average molecular weight is 251 g/mol. The summed E-state index contributed by atoms with van der Waals surface area (Å²) in [5.41, 5.74) is 6.78. The van der Waals surface area contributed by atoms with E-state index in [1.54, 1.807) is 18.0 Å². The summed E-state index contributed by atoms with van der Waals surface area (Å²) < 4.78 is 11.8. The molecule has 0 saturated carbocycles. The highest BCUT2D eigenvalue weighted by atomic mass is 16.5. The Balaban J connectivity index is 2.01. The lowest BCUT2D eigenvalue weighted by Gasteiger charge is -2.04. The number of hydrogen-bond acceptors (Lipinski definition) is 6. The van der Waals surface area contributed by atoms with Gasteiger partial charge in [-0.05, 0) is 12.8 Å². The summed E-state index contributed by atoms with van der Waals surface area (Å²) >= 11 is 0. The fourth-order valence-electron chi connectivity index (χ4n) is 1.61. The summed E-state index contributed by atoms with van der Waals surface area (Å²) in [6.07, 6.45) is 5.13. The smallest absolute Gasteiger partial charge is 0.243 e. The van der Waals surface area contributed by atoms with Crippen molar-refractivity contribution in [3.05, 3.63) is 18.3 Å². The normalized spacial score (nSPS) is 12.8. The van der Waals surface area contributed by atoms with Gasteiger partial charge < -0.3 is 15.0 Å². The molecule has 0 fully saturated rings. The fraction of sp³-hybridized carbons (Fsp3) is 0.545. The van der Waals surface area contributed by atoms with Crippen molar-refractivity contribution in [3.8, 4) is 11.4 Å². The Kier molecular flexibility index (Phi) is 4.06. The van der Waals surface area contributed by atoms with Gasteiger partial charge in [-0.1, -0.05) is 5.16 Å². The molecule has 0 aromatic carbocycles. The van der Waals surface area contributed by atoms with Crippen LogP contribution in [-0.4, -0.2) is 33.6 Å². The molecule has 2 N–H and O–H groups in total. The Labute approximate surface area is 105 Å². The van der Waals surface area contributed by atoms with Crippen molar-refractivity contribution in [1.82, 2.24) is 19.9 Å². The molecule has 0 bridgehead atoms. The first kappa shape index (κ1) is 12.7. The predicted octanol–water partition coefficient (Wildman–Crippen LogP) is 0.896. The van der Waals surface area contributed by atoms with Crippen LogP contribution in [0.4, 0.5) is 0 Å². The summed E-state index contributed by atoms with van der Waals surface area (Å²) in [5.74, 6) is 0.963. The maximum Gasteiger partial charge on any atom is 0.243 e. The second-order valence-electron chi connectivity index (χ2n) is 4.10. The summed E-state index contributed by atoms with van der Waals surface area (Å²) in [6.45, 7) is 0.678. The van der Waals surface area contributed by atoms with E-state index < -0.39 is 0 Å². The molecular weight excluding hydrogens is 234 g/mol. The minimum atomic E-state index is -0.252. The molecule has 1 unspecified atom stereocenters. The SMILES string of the molecule is COCCCC(N)c1nc(-c2cnn(C)c2)no1. The number of nitrogens with zero attached hydrogens (tertiary/aromatic N) is 4. The number of aryl methyl sites for hydroxylation is 1. The van der Waals surface area contributed by atoms with Crippen LogP contribution in [0.5, 0.6) is 0 Å². The molecule has 0 saturated heterocycles. The first-order valence-corrected chi connectivity index (χ1v) is 5.78. The van der Waals surface area contributed by atoms with E-state index in [1.165, 1.54) is 0 Å². The Bertz CT molecular complexity index is 493. The van der Waals surface area contributed by atoms with Crippen molar-refractivity contribution in [2.24, 2.45) is 12.8 Å². The van der Waals surface area contributed by atoms with E-state index in [-0.39, 0.29) is 6.04 Å². The van der Waals surface area contributed by atoms with Crippen LogP contribution < -0.4 is 5.73 Å². The molecule has 1 atom stereocenters. The molecule has 2 aromatic rings. The third kappa shape index (κ3) is 2.93. The topological polar surface area (TPSA) is 92.0 Å². The van der Waals surface area contributed by atoms with Gasteiger partial charge in [0.05, 0.1) is 17.8 Å². The van der Waals surface area contributed by atoms with Crippen LogP contribution in [0.3, 0.4) is 0 Å². The quantitative estimate of drug-likeness (QED) is 0.767. The molecule has 7 heteroatoms. The standard InChI is InChI=1S/C11H17N5O2/c1-16-7-8(6-13-16)10-14-11(18-15-10)9(12)4-3-5-17-2/h6-7,9H,3-5,12H2,1-2H3. The highest BCUT2D eigenvalue weighted by Gasteiger charge is 2.16. The maximum atomic E-state index is 5.96. The van der Waals surface area contributed by atoms with Gasteiger partial charge in [0.15, 0.2) is 0 Å². The first-order chi connectivity index (χ1) is 8.70. The molecule has 7 nitrogen and oxygen atoms in total. The van der Waals surface area contributed by atoms with E-state index in [0.29, 0.717) is 18.3 Å². The highest BCUT2D eigenvalue weighted by Crippen LogP contribution is 2.19. The minimum absolute atomic E-state index is 0.252. The summed E-state index contributed by atoms with van der Waals surface area (Å²) in [6, 6.07) is -0.252. The van der Waals surface area contributed by atoms with Crippen molar-refractivity contribution in [1.29, 1.82) is 0 Å². The van der Waals surface area contributed by atoms with Gasteiger partial charge in [0.25, 0.3) is 0 Å². The second-order valence-corrected chi connectivity index (χ2v) is 4.10. The molecule has 2 rings (SSSR count). The van der Waals surface area contributed by atoms with Gasteiger partial charge in [-0.3, -0.25) is 4.68 Å². The Morgan fingerprint density at radius 3 is 3.06 bits per heavy atom. The van der Waals surface area contributed by atoms with Crippen LogP contribution in [-0.2, 0) is 11.8 Å². The van der Waals surface area contributed by atoms with E-state index in [9.17, 15) is 0 Å². The number of ether oxygens (including phenoxy) is 1. The van der Waals surface area contributed by atoms with Gasteiger partial charge in [-0.15, -0.1) is 0 Å². The molecule has 0 aliphatic carbocycles. The van der Waals surface area contributed by atoms with Gasteiger partial charge in [-0.2, -0.15) is 10.1 Å². The Morgan fingerprint density at radius 2 is 2.39 bits per heavy atom. The largest absolute Gasteiger partial charge is 0.385 e. The first-order valence-electron chi connectivity index (χ1n) is 5.78. The Morgan fingerprint density at radius 1 is 1.56 bits per heavy atom. The van der Waals surface area contributed by atoms with Crippen LogP contribution in [0.1, 0.15) is 24.8 Å². The summed E-state index contributed by atoms with van der Waals surface area (Å²) in [4.78, 5) is 4.28. The van der Waals surface area contributed by atoms with E-state index in [0.717, 1.165) is 18.4 Å². The molecule has 98 valence electrons. The van der Waals surface area contributed by atoms with Gasteiger partial charge in [-0.25, -0.2) is 0 Å². The van der Waals surface area contributed by atoms with E-state index in [2.05, 4.69) is 15.2 Å². The number of methoxy groups -OCH3 is 1. The maximum absolute atomic E-state index is 5.96. The van der Waals surface area contributed by atoms with Crippen molar-refractivity contribution >= 4 is 0 Å². The van der Waals surface area contributed by atoms with Crippen molar-refractivity contribution in [2.75, 3.05) is 13.7 Å². The molecule has 0 amide bonds. The lowest BCUT2D eigenvalue weighted by atomic mass is 10.2. The van der Waals surface area contributed by atoms with Crippen LogP contribution in [0.25, 0.3) is 11.4 Å². The minimum Gasteiger partial charge on any atom is -0.385 e. The van der Waals surface area contributed by atoms with Gasteiger partial charge in [0.1, 0.15) is 0 Å². The number of aromatic nitrogens is 4. The summed E-state index contributed by atoms with van der Waals surface area (Å²) in [5, 5.41) is 7.95. The third-order valence-corrected chi connectivity index (χ3v) is 2.59. The zero-order valence-corrected chi connectivity index (χ0v) is 10.5. The van der Waals surface area contributed by atoms with E-state index in [4.69, 9.17) is 15.0 Å². The summed E-state index contributed by atoms with van der Waals surface area (Å²) in [7, 11) is 3.50. The number of rotatable bonds is 6. The average Bonchev–Trinajstić information content (AvgIpc) is 2.97. The van der Waals surface area contributed by atoms with Gasteiger partial charge >= 0.3 is 0 Å². The van der Waals surface area contributed by atoms with Crippen LogP contribution in [0.15, 0.2) is 16.9 Å². The van der Waals surface area contributed by atoms with E-state index >= 15 is 0 Å². The van der Waals surface area contributed by atoms with Gasteiger partial charge in [0.2, 0.25) is 11.7 Å². The van der Waals surface area contributed by atoms with Crippen LogP contribution >= 0.6 is 0 Å². The second kappa shape index (κ2) is 5.74. The van der Waals surface area contributed by atoms with Crippen molar-refractivity contribution in [3.63, 3.8) is 0 Å². The molecular formula is C11H17N5O2. The molecule has 0 aliphatic rings. The van der Waals surface area contributed by atoms with Crippen molar-refractivity contribution in [2.45, 2.75) is 18.9 Å². The van der Waals surface area contributed by atoms with Gasteiger partial charge in [0, 0.05) is 27.0 Å². The Hall–Kier alpha value is -1.73. The number of nitrogens with two attached hydrogens (primary N) is 1. The molecule has 0 aliphatic heterocycles. The van der Waals surface area contributed by atoms with E-state index in [1.807, 2.05) is 13.2 Å². The molecule has 2 aromatic heterocycles. The predicted molar refractivity (Wildman–Crippen MR) is 64.5 cm³/mol.